The molecule has 0 aliphatic heterocycles. The van der Waals surface area contributed by atoms with Crippen molar-refractivity contribution < 1.29 is 12.8 Å². The molecule has 7 heteroatoms. The molecule has 1 aromatic carbocycles. The third-order valence-corrected chi connectivity index (χ3v) is 3.63. The van der Waals surface area contributed by atoms with E-state index in [1.165, 1.54) is 12.1 Å². The number of aromatic nitrogens is 2. The number of nitrogen functional groups attached to an aromatic ring is 1. The number of H-pyrrole nitrogens is 1. The first-order valence-corrected chi connectivity index (χ1v) is 7.00. The Labute approximate surface area is 104 Å². The highest BCUT2D eigenvalue weighted by Crippen LogP contribution is 2.27. The van der Waals surface area contributed by atoms with E-state index in [0.717, 1.165) is 6.26 Å². The summed E-state index contributed by atoms with van der Waals surface area (Å²) in [4.78, 5) is 6.31. The largest absolute Gasteiger partial charge is 0.398 e. The Morgan fingerprint density at radius 2 is 2.06 bits per heavy atom. The van der Waals surface area contributed by atoms with Crippen molar-refractivity contribution in [3.8, 4) is 11.3 Å². The molecule has 0 bridgehead atoms. The van der Waals surface area contributed by atoms with E-state index in [2.05, 4.69) is 9.97 Å². The van der Waals surface area contributed by atoms with E-state index >= 15 is 0 Å². The monoisotopic (exact) mass is 269 g/mol. The van der Waals surface area contributed by atoms with Crippen LogP contribution in [0.5, 0.6) is 0 Å². The number of aryl methyl sites for hydroxylation is 1. The maximum atomic E-state index is 13.5. The highest BCUT2D eigenvalue weighted by atomic mass is 32.2. The number of nitrogens with one attached hydrogen (secondary N) is 1. The van der Waals surface area contributed by atoms with Crippen molar-refractivity contribution in [1.82, 2.24) is 9.97 Å². The molecule has 18 heavy (non-hydrogen) atoms. The van der Waals surface area contributed by atoms with Crippen molar-refractivity contribution in [3.05, 3.63) is 30.0 Å². The number of hydrogen-bond donors (Lipinski definition) is 2. The van der Waals surface area contributed by atoms with Gasteiger partial charge in [-0.1, -0.05) is 6.07 Å². The quantitative estimate of drug-likeness (QED) is 0.809. The van der Waals surface area contributed by atoms with Crippen molar-refractivity contribution in [2.45, 2.75) is 11.8 Å². The standard InChI is InChI=1S/C11H12FN3O2S/c1-6-14-10(11(12)15-6)7-3-4-8(13)9(5-7)18(2,16)17/h3-5H,13H2,1-2H3,(H,14,15). The predicted molar refractivity (Wildman–Crippen MR) is 66.2 cm³/mol. The van der Waals surface area contributed by atoms with E-state index in [9.17, 15) is 12.8 Å². The van der Waals surface area contributed by atoms with Crippen LogP contribution in [-0.2, 0) is 9.84 Å². The number of rotatable bonds is 2. The fourth-order valence-corrected chi connectivity index (χ4v) is 2.50. The molecule has 96 valence electrons. The molecule has 0 aliphatic rings. The van der Waals surface area contributed by atoms with Gasteiger partial charge in [-0.2, -0.15) is 4.39 Å². The first kappa shape index (κ1) is 12.6. The number of anilines is 1. The number of hydrogen-bond acceptors (Lipinski definition) is 4. The van der Waals surface area contributed by atoms with Gasteiger partial charge in [-0.05, 0) is 19.1 Å². The Balaban J connectivity index is 2.65. The molecular formula is C11H12FN3O2S. The molecule has 0 radical (unpaired) electrons. The van der Waals surface area contributed by atoms with Crippen LogP contribution in [0.3, 0.4) is 0 Å². The van der Waals surface area contributed by atoms with Crippen LogP contribution in [0.1, 0.15) is 5.82 Å². The van der Waals surface area contributed by atoms with Crippen molar-refractivity contribution >= 4 is 15.5 Å². The number of nitrogens with two attached hydrogens (primary N) is 1. The Bertz CT molecular complexity index is 707. The second-order valence-corrected chi connectivity index (χ2v) is 6.00. The van der Waals surface area contributed by atoms with Gasteiger partial charge in [0.05, 0.1) is 10.6 Å². The van der Waals surface area contributed by atoms with Gasteiger partial charge in [-0.25, -0.2) is 13.4 Å². The average molecular weight is 269 g/mol. The highest BCUT2D eigenvalue weighted by molar-refractivity contribution is 7.90. The van der Waals surface area contributed by atoms with Gasteiger partial charge in [0.15, 0.2) is 9.84 Å². The zero-order valence-electron chi connectivity index (χ0n) is 9.86. The second-order valence-electron chi connectivity index (χ2n) is 4.01. The minimum atomic E-state index is -3.45. The minimum absolute atomic E-state index is 0.0216. The predicted octanol–water partition coefficient (Wildman–Crippen LogP) is 1.51. The summed E-state index contributed by atoms with van der Waals surface area (Å²) in [7, 11) is -3.45. The van der Waals surface area contributed by atoms with E-state index in [1.54, 1.807) is 13.0 Å². The van der Waals surface area contributed by atoms with Gasteiger partial charge < -0.3 is 10.7 Å². The van der Waals surface area contributed by atoms with Crippen LogP contribution in [0.2, 0.25) is 0 Å². The van der Waals surface area contributed by atoms with E-state index < -0.39 is 15.8 Å². The Kier molecular flexibility index (Phi) is 2.86. The smallest absolute Gasteiger partial charge is 0.238 e. The molecule has 0 saturated carbocycles. The number of benzene rings is 1. The molecule has 0 fully saturated rings. The summed E-state index contributed by atoms with van der Waals surface area (Å²) in [5.41, 5.74) is 6.28. The van der Waals surface area contributed by atoms with Crippen LogP contribution in [-0.4, -0.2) is 24.6 Å². The normalized spacial score (nSPS) is 11.7. The van der Waals surface area contributed by atoms with Crippen LogP contribution < -0.4 is 5.73 Å². The Morgan fingerprint density at radius 3 is 2.56 bits per heavy atom. The van der Waals surface area contributed by atoms with Crippen molar-refractivity contribution in [3.63, 3.8) is 0 Å². The van der Waals surface area contributed by atoms with Gasteiger partial charge in [0.1, 0.15) is 11.5 Å². The van der Waals surface area contributed by atoms with Gasteiger partial charge in [0.2, 0.25) is 5.95 Å². The van der Waals surface area contributed by atoms with E-state index in [-0.39, 0.29) is 16.3 Å². The molecule has 3 N–H and O–H groups in total. The van der Waals surface area contributed by atoms with Gasteiger partial charge >= 0.3 is 0 Å². The number of halogens is 1. The maximum Gasteiger partial charge on any atom is 0.238 e. The summed E-state index contributed by atoms with van der Waals surface area (Å²) in [5, 5.41) is 0. The summed E-state index contributed by atoms with van der Waals surface area (Å²) < 4.78 is 36.6. The first-order valence-electron chi connectivity index (χ1n) is 5.11. The fraction of sp³-hybridized carbons (Fsp3) is 0.182. The van der Waals surface area contributed by atoms with Crippen molar-refractivity contribution in [2.24, 2.45) is 0 Å². The molecule has 2 rings (SSSR count). The summed E-state index contributed by atoms with van der Waals surface area (Å²) in [6.07, 6.45) is 1.05. The zero-order valence-corrected chi connectivity index (χ0v) is 10.7. The lowest BCUT2D eigenvalue weighted by molar-refractivity contribution is 0.592. The molecular weight excluding hydrogens is 257 g/mol. The van der Waals surface area contributed by atoms with Gasteiger partial charge in [0, 0.05) is 11.8 Å². The fourth-order valence-electron chi connectivity index (χ4n) is 1.67. The van der Waals surface area contributed by atoms with E-state index in [0.29, 0.717) is 11.4 Å². The summed E-state index contributed by atoms with van der Waals surface area (Å²) in [6, 6.07) is 4.31. The molecule has 5 nitrogen and oxygen atoms in total. The molecule has 1 heterocycles. The molecule has 1 aromatic heterocycles. The number of aromatic amines is 1. The van der Waals surface area contributed by atoms with Crippen LogP contribution >= 0.6 is 0 Å². The zero-order chi connectivity index (χ0) is 13.5. The first-order chi connectivity index (χ1) is 8.29. The maximum absolute atomic E-state index is 13.5. The van der Waals surface area contributed by atoms with Crippen molar-refractivity contribution in [1.29, 1.82) is 0 Å². The highest BCUT2D eigenvalue weighted by Gasteiger charge is 2.16. The molecule has 0 unspecified atom stereocenters. The lowest BCUT2D eigenvalue weighted by atomic mass is 10.1. The summed E-state index contributed by atoms with van der Waals surface area (Å²) >= 11 is 0. The molecule has 0 spiro atoms. The molecule has 0 amide bonds. The van der Waals surface area contributed by atoms with Gasteiger partial charge in [0.25, 0.3) is 0 Å². The SMILES string of the molecule is Cc1nc(F)c(-c2ccc(N)c(S(C)(=O)=O)c2)[nH]1. The Hall–Kier alpha value is -1.89. The number of nitrogens with zero attached hydrogens (tertiary/aromatic N) is 1. The van der Waals surface area contributed by atoms with Gasteiger partial charge in [-0.15, -0.1) is 0 Å². The van der Waals surface area contributed by atoms with Crippen LogP contribution in [0.25, 0.3) is 11.3 Å². The third-order valence-electron chi connectivity index (χ3n) is 2.48. The van der Waals surface area contributed by atoms with Gasteiger partial charge in [-0.3, -0.25) is 0 Å². The molecule has 0 aliphatic carbocycles. The summed E-state index contributed by atoms with van der Waals surface area (Å²) in [5.74, 6) is -0.253. The van der Waals surface area contributed by atoms with Crippen LogP contribution in [0.15, 0.2) is 23.1 Å². The van der Waals surface area contributed by atoms with Crippen LogP contribution in [0.4, 0.5) is 10.1 Å². The molecule has 0 atom stereocenters. The molecule has 2 aromatic rings. The lowest BCUT2D eigenvalue weighted by Gasteiger charge is -2.05. The van der Waals surface area contributed by atoms with E-state index in [4.69, 9.17) is 5.73 Å². The topological polar surface area (TPSA) is 88.8 Å². The van der Waals surface area contributed by atoms with Crippen molar-refractivity contribution in [2.75, 3.05) is 12.0 Å². The van der Waals surface area contributed by atoms with E-state index in [1.807, 2.05) is 0 Å². The lowest BCUT2D eigenvalue weighted by Crippen LogP contribution is -2.02. The Morgan fingerprint density at radius 1 is 1.39 bits per heavy atom. The van der Waals surface area contributed by atoms with Crippen LogP contribution in [0, 0.1) is 12.9 Å². The summed E-state index contributed by atoms with van der Waals surface area (Å²) in [6.45, 7) is 1.61. The average Bonchev–Trinajstić information content (AvgIpc) is 2.57. The number of imidazole rings is 1. The molecule has 0 saturated heterocycles. The second kappa shape index (κ2) is 4.09. The number of sulfone groups is 1. The minimum Gasteiger partial charge on any atom is -0.398 e. The third kappa shape index (κ3) is 2.21.